The average Bonchev–Trinajstić information content (AvgIpc) is 2.81. The minimum atomic E-state index is -0.553. The zero-order valence-corrected chi connectivity index (χ0v) is 11.6. The van der Waals surface area contributed by atoms with Crippen molar-refractivity contribution in [3.05, 3.63) is 45.9 Å². The molecule has 1 aromatic carbocycles. The molecule has 2 aromatic rings. The van der Waals surface area contributed by atoms with Gasteiger partial charge in [0.1, 0.15) is 17.3 Å². The third-order valence-electron chi connectivity index (χ3n) is 2.72. The maximum atomic E-state index is 14.0. The van der Waals surface area contributed by atoms with Crippen molar-refractivity contribution >= 4 is 17.0 Å². The van der Waals surface area contributed by atoms with Crippen molar-refractivity contribution in [1.82, 2.24) is 10.3 Å². The van der Waals surface area contributed by atoms with Gasteiger partial charge in [-0.05, 0) is 24.7 Å². The Kier molecular flexibility index (Phi) is 4.44. The Morgan fingerprint density at radius 2 is 2.00 bits per heavy atom. The Morgan fingerprint density at radius 3 is 2.53 bits per heavy atom. The molecule has 0 unspecified atom stereocenters. The number of nitrogens with one attached hydrogen (secondary N) is 1. The summed E-state index contributed by atoms with van der Waals surface area (Å²) in [7, 11) is 3.39. The van der Waals surface area contributed by atoms with Gasteiger partial charge >= 0.3 is 0 Å². The molecule has 2 rings (SSSR count). The minimum Gasteiger partial charge on any atom is -0.364 e. The maximum Gasteiger partial charge on any atom is 0.149 e. The van der Waals surface area contributed by atoms with Crippen molar-refractivity contribution < 1.29 is 8.78 Å². The normalized spacial score (nSPS) is 10.7. The molecule has 0 atom stereocenters. The van der Waals surface area contributed by atoms with E-state index in [1.54, 1.807) is 19.6 Å². The Balaban J connectivity index is 2.23. The zero-order valence-electron chi connectivity index (χ0n) is 10.8. The van der Waals surface area contributed by atoms with Crippen molar-refractivity contribution in [1.29, 1.82) is 0 Å². The standard InChI is InChI=1S/C13H15F2N3S/c1-16-5-9-3-11(14)13(12(15)4-9)18(2)6-10-7-19-8-17-10/h3-4,7-8,16H,5-6H2,1-2H3. The number of nitrogens with zero attached hydrogens (tertiary/aromatic N) is 2. The van der Waals surface area contributed by atoms with E-state index in [9.17, 15) is 8.78 Å². The number of hydrogen-bond donors (Lipinski definition) is 1. The number of thiazole rings is 1. The summed E-state index contributed by atoms with van der Waals surface area (Å²) in [5.41, 5.74) is 3.06. The summed E-state index contributed by atoms with van der Waals surface area (Å²) >= 11 is 1.46. The van der Waals surface area contributed by atoms with Gasteiger partial charge in [0.2, 0.25) is 0 Å². The first-order valence-corrected chi connectivity index (χ1v) is 6.77. The van der Waals surface area contributed by atoms with Gasteiger partial charge in [0.15, 0.2) is 0 Å². The van der Waals surface area contributed by atoms with E-state index in [0.717, 1.165) is 5.69 Å². The summed E-state index contributed by atoms with van der Waals surface area (Å²) in [6.45, 7) is 0.812. The van der Waals surface area contributed by atoms with Gasteiger partial charge in [0.25, 0.3) is 0 Å². The van der Waals surface area contributed by atoms with Crippen molar-refractivity contribution in [2.45, 2.75) is 13.1 Å². The highest BCUT2D eigenvalue weighted by atomic mass is 32.1. The van der Waals surface area contributed by atoms with Crippen LogP contribution in [0.3, 0.4) is 0 Å². The molecule has 0 saturated carbocycles. The van der Waals surface area contributed by atoms with Gasteiger partial charge < -0.3 is 10.2 Å². The van der Waals surface area contributed by atoms with Gasteiger partial charge in [-0.15, -0.1) is 11.3 Å². The van der Waals surface area contributed by atoms with E-state index < -0.39 is 11.6 Å². The van der Waals surface area contributed by atoms with Gasteiger partial charge in [-0.2, -0.15) is 0 Å². The minimum absolute atomic E-state index is 0.0205. The van der Waals surface area contributed by atoms with Gasteiger partial charge in [-0.3, -0.25) is 0 Å². The van der Waals surface area contributed by atoms with Crippen LogP contribution in [0.25, 0.3) is 0 Å². The second-order valence-electron chi connectivity index (χ2n) is 4.27. The van der Waals surface area contributed by atoms with E-state index >= 15 is 0 Å². The highest BCUT2D eigenvalue weighted by molar-refractivity contribution is 7.07. The topological polar surface area (TPSA) is 28.2 Å². The molecule has 0 aliphatic heterocycles. The zero-order chi connectivity index (χ0) is 13.8. The summed E-state index contributed by atoms with van der Waals surface area (Å²) in [6, 6.07) is 2.71. The van der Waals surface area contributed by atoms with E-state index in [2.05, 4.69) is 10.3 Å². The van der Waals surface area contributed by atoms with E-state index in [-0.39, 0.29) is 5.69 Å². The van der Waals surface area contributed by atoms with Gasteiger partial charge in [-0.25, -0.2) is 13.8 Å². The number of benzene rings is 1. The molecule has 0 bridgehead atoms. The van der Waals surface area contributed by atoms with Crippen LogP contribution in [0.5, 0.6) is 0 Å². The Labute approximate surface area is 114 Å². The molecular weight excluding hydrogens is 268 g/mol. The highest BCUT2D eigenvalue weighted by Gasteiger charge is 2.16. The lowest BCUT2D eigenvalue weighted by Crippen LogP contribution is -2.20. The van der Waals surface area contributed by atoms with Crippen LogP contribution >= 0.6 is 11.3 Å². The molecule has 0 saturated heterocycles. The fourth-order valence-electron chi connectivity index (χ4n) is 1.93. The molecule has 0 radical (unpaired) electrons. The molecule has 0 aliphatic carbocycles. The van der Waals surface area contributed by atoms with Crippen LogP contribution < -0.4 is 10.2 Å². The number of aromatic nitrogens is 1. The lowest BCUT2D eigenvalue weighted by Gasteiger charge is -2.20. The van der Waals surface area contributed by atoms with Gasteiger partial charge in [-0.1, -0.05) is 0 Å². The molecule has 3 nitrogen and oxygen atoms in total. The van der Waals surface area contributed by atoms with Crippen molar-refractivity contribution in [3.63, 3.8) is 0 Å². The second kappa shape index (κ2) is 6.08. The number of anilines is 1. The van der Waals surface area contributed by atoms with Crippen molar-refractivity contribution in [2.75, 3.05) is 19.0 Å². The van der Waals surface area contributed by atoms with Crippen LogP contribution in [0.1, 0.15) is 11.3 Å². The molecule has 1 aromatic heterocycles. The van der Waals surface area contributed by atoms with Crippen LogP contribution in [0.2, 0.25) is 0 Å². The SMILES string of the molecule is CNCc1cc(F)c(N(C)Cc2cscn2)c(F)c1. The average molecular weight is 283 g/mol. The number of hydrogen-bond acceptors (Lipinski definition) is 4. The first kappa shape index (κ1) is 13.9. The predicted octanol–water partition coefficient (Wildman–Crippen LogP) is 2.78. The van der Waals surface area contributed by atoms with Crippen LogP contribution in [0.4, 0.5) is 14.5 Å². The molecular formula is C13H15F2N3S. The third-order valence-corrected chi connectivity index (χ3v) is 3.36. The van der Waals surface area contributed by atoms with Crippen LogP contribution in [0.15, 0.2) is 23.0 Å². The van der Waals surface area contributed by atoms with Crippen LogP contribution in [-0.4, -0.2) is 19.1 Å². The number of rotatable bonds is 5. The van der Waals surface area contributed by atoms with Gasteiger partial charge in [0, 0.05) is 19.0 Å². The monoisotopic (exact) mass is 283 g/mol. The smallest absolute Gasteiger partial charge is 0.149 e. The summed E-state index contributed by atoms with van der Waals surface area (Å²) in [5, 5.41) is 4.73. The summed E-state index contributed by atoms with van der Waals surface area (Å²) in [4.78, 5) is 5.64. The third kappa shape index (κ3) is 3.27. The maximum absolute atomic E-state index is 14.0. The Bertz CT molecular complexity index is 520. The van der Waals surface area contributed by atoms with Crippen LogP contribution in [0, 0.1) is 11.6 Å². The second-order valence-corrected chi connectivity index (χ2v) is 4.99. The summed E-state index contributed by atoms with van der Waals surface area (Å²) in [6.07, 6.45) is 0. The molecule has 19 heavy (non-hydrogen) atoms. The highest BCUT2D eigenvalue weighted by Crippen LogP contribution is 2.25. The van der Waals surface area contributed by atoms with Crippen molar-refractivity contribution in [2.24, 2.45) is 0 Å². The molecule has 1 N–H and O–H groups in total. The summed E-state index contributed by atoms with van der Waals surface area (Å²) in [5.74, 6) is -1.11. The van der Waals surface area contributed by atoms with E-state index in [1.807, 2.05) is 5.38 Å². The fourth-order valence-corrected chi connectivity index (χ4v) is 2.48. The Hall–Kier alpha value is -1.53. The largest absolute Gasteiger partial charge is 0.364 e. The first-order chi connectivity index (χ1) is 9.11. The van der Waals surface area contributed by atoms with E-state index in [4.69, 9.17) is 0 Å². The molecule has 1 heterocycles. The summed E-state index contributed by atoms with van der Waals surface area (Å²) < 4.78 is 28.0. The van der Waals surface area contributed by atoms with Crippen molar-refractivity contribution in [3.8, 4) is 0 Å². The van der Waals surface area contributed by atoms with E-state index in [0.29, 0.717) is 18.7 Å². The molecule has 0 aliphatic rings. The molecule has 6 heteroatoms. The predicted molar refractivity (Wildman–Crippen MR) is 73.3 cm³/mol. The molecule has 102 valence electrons. The molecule has 0 fully saturated rings. The quantitative estimate of drug-likeness (QED) is 0.914. The fraction of sp³-hybridized carbons (Fsp3) is 0.308. The van der Waals surface area contributed by atoms with Gasteiger partial charge in [0.05, 0.1) is 17.7 Å². The number of halogens is 2. The Morgan fingerprint density at radius 1 is 1.32 bits per heavy atom. The van der Waals surface area contributed by atoms with Crippen LogP contribution in [-0.2, 0) is 13.1 Å². The first-order valence-electron chi connectivity index (χ1n) is 5.82. The lowest BCUT2D eigenvalue weighted by molar-refractivity contribution is 0.571. The molecule has 0 amide bonds. The lowest BCUT2D eigenvalue weighted by atomic mass is 10.1. The molecule has 0 spiro atoms. The van der Waals surface area contributed by atoms with E-state index in [1.165, 1.54) is 28.4 Å².